The number of amides is 1. The fraction of sp³-hybridized carbons (Fsp3) is 0.400. The van der Waals surface area contributed by atoms with Crippen LogP contribution in [0.15, 0.2) is 29.9 Å². The summed E-state index contributed by atoms with van der Waals surface area (Å²) in [6, 6.07) is 5.42. The molecule has 0 spiro atoms. The molecular formula is C20H26BN5O5. The lowest BCUT2D eigenvalue weighted by Gasteiger charge is -2.31. The summed E-state index contributed by atoms with van der Waals surface area (Å²) in [5.41, 5.74) is 7.88. The van der Waals surface area contributed by atoms with Gasteiger partial charge < -0.3 is 35.9 Å². The summed E-state index contributed by atoms with van der Waals surface area (Å²) < 4.78 is 12.8. The Labute approximate surface area is 180 Å². The third-order valence-corrected chi connectivity index (χ3v) is 5.60. The summed E-state index contributed by atoms with van der Waals surface area (Å²) in [5.74, 6) is 0.293. The van der Waals surface area contributed by atoms with E-state index in [1.54, 1.807) is 29.1 Å². The SMILES string of the molecule is CN[C@H]1CCOCC1n1cc(C(N)=O)c(Nc2ccc3c(c2)C=C(CCO)B(O)O3)n1. The highest BCUT2D eigenvalue weighted by molar-refractivity contribution is 6.54. The number of nitrogens with one attached hydrogen (secondary N) is 2. The van der Waals surface area contributed by atoms with Crippen molar-refractivity contribution in [2.75, 3.05) is 32.2 Å². The zero-order valence-electron chi connectivity index (χ0n) is 17.2. The van der Waals surface area contributed by atoms with E-state index in [1.165, 1.54) is 0 Å². The number of nitrogens with two attached hydrogens (primary N) is 1. The van der Waals surface area contributed by atoms with Gasteiger partial charge in [0.2, 0.25) is 0 Å². The second kappa shape index (κ2) is 9.10. The smallest absolute Gasteiger partial charge is 0.532 e. The number of hydrogen-bond acceptors (Lipinski definition) is 8. The Bertz CT molecular complexity index is 994. The molecule has 2 aromatic rings. The number of ether oxygens (including phenoxy) is 1. The average molecular weight is 427 g/mol. The number of rotatable bonds is 7. The number of aliphatic hydroxyl groups is 1. The number of anilines is 2. The zero-order valence-corrected chi connectivity index (χ0v) is 17.2. The van der Waals surface area contributed by atoms with Gasteiger partial charge in [-0.2, -0.15) is 5.10 Å². The molecule has 2 atom stereocenters. The fourth-order valence-electron chi connectivity index (χ4n) is 3.93. The van der Waals surface area contributed by atoms with E-state index >= 15 is 0 Å². The highest BCUT2D eigenvalue weighted by Gasteiger charge is 2.29. The van der Waals surface area contributed by atoms with E-state index in [0.29, 0.717) is 42.4 Å². The van der Waals surface area contributed by atoms with Crippen LogP contribution in [0.5, 0.6) is 5.75 Å². The van der Waals surface area contributed by atoms with E-state index in [0.717, 1.165) is 12.0 Å². The lowest BCUT2D eigenvalue weighted by Crippen LogP contribution is -2.42. The molecule has 31 heavy (non-hydrogen) atoms. The molecule has 4 rings (SSSR count). The monoisotopic (exact) mass is 427 g/mol. The van der Waals surface area contributed by atoms with Crippen LogP contribution in [0.4, 0.5) is 11.5 Å². The first-order valence-corrected chi connectivity index (χ1v) is 10.2. The largest absolute Gasteiger partial charge is 0.555 e. The Balaban J connectivity index is 1.62. The van der Waals surface area contributed by atoms with Gasteiger partial charge in [0.25, 0.3) is 5.91 Å². The van der Waals surface area contributed by atoms with Gasteiger partial charge in [0.05, 0.1) is 12.6 Å². The highest BCUT2D eigenvalue weighted by atomic mass is 16.5. The van der Waals surface area contributed by atoms with Crippen molar-refractivity contribution in [1.82, 2.24) is 15.1 Å². The lowest BCUT2D eigenvalue weighted by atomic mass is 9.74. The normalized spacial score (nSPS) is 20.6. The standard InChI is InChI=1S/C20H26BN5O5/c1-23-16-5-7-30-11-17(16)26-10-15(19(22)28)20(25-26)24-14-2-3-18-12(9-14)8-13(4-6-27)21(29)31-18/h2-3,8-10,16-17,23,27,29H,4-7,11H2,1H3,(H2,22,28)(H,24,25)/t16-,17?/m0/s1. The molecule has 1 aromatic heterocycles. The minimum Gasteiger partial charge on any atom is -0.532 e. The van der Waals surface area contributed by atoms with Crippen molar-refractivity contribution < 1.29 is 24.3 Å². The third kappa shape index (κ3) is 4.44. The molecule has 6 N–H and O–H groups in total. The molecule has 2 aliphatic rings. The molecule has 0 radical (unpaired) electrons. The molecular weight excluding hydrogens is 401 g/mol. The maximum absolute atomic E-state index is 12.0. The third-order valence-electron chi connectivity index (χ3n) is 5.60. The summed E-state index contributed by atoms with van der Waals surface area (Å²) in [4.78, 5) is 12.0. The topological polar surface area (TPSA) is 144 Å². The number of hydrogen-bond donors (Lipinski definition) is 5. The van der Waals surface area contributed by atoms with Crippen LogP contribution in [-0.2, 0) is 4.74 Å². The van der Waals surface area contributed by atoms with Gasteiger partial charge in [0.1, 0.15) is 11.3 Å². The minimum absolute atomic E-state index is 0.0604. The maximum atomic E-state index is 12.0. The second-order valence-electron chi connectivity index (χ2n) is 7.60. The number of carbonyl (C=O) groups excluding carboxylic acids is 1. The minimum atomic E-state index is -1.08. The maximum Gasteiger partial charge on any atom is 0.555 e. The van der Waals surface area contributed by atoms with Gasteiger partial charge in [-0.25, -0.2) is 0 Å². The average Bonchev–Trinajstić information content (AvgIpc) is 3.18. The van der Waals surface area contributed by atoms with E-state index in [1.807, 2.05) is 13.1 Å². The van der Waals surface area contributed by atoms with Crippen LogP contribution in [0.25, 0.3) is 6.08 Å². The molecule has 3 heterocycles. The zero-order chi connectivity index (χ0) is 22.0. The van der Waals surface area contributed by atoms with Crippen molar-refractivity contribution in [2.45, 2.75) is 24.9 Å². The van der Waals surface area contributed by atoms with Crippen molar-refractivity contribution in [3.63, 3.8) is 0 Å². The summed E-state index contributed by atoms with van der Waals surface area (Å²) in [7, 11) is 0.819. The van der Waals surface area contributed by atoms with Crippen molar-refractivity contribution in [1.29, 1.82) is 0 Å². The van der Waals surface area contributed by atoms with Gasteiger partial charge in [-0.05, 0) is 43.6 Å². The van der Waals surface area contributed by atoms with Crippen LogP contribution in [0.3, 0.4) is 0 Å². The molecule has 1 fully saturated rings. The predicted octanol–water partition coefficient (Wildman–Crippen LogP) is 0.453. The van der Waals surface area contributed by atoms with E-state index in [-0.39, 0.29) is 24.3 Å². The second-order valence-corrected chi connectivity index (χ2v) is 7.60. The van der Waals surface area contributed by atoms with Crippen molar-refractivity contribution in [2.24, 2.45) is 5.73 Å². The molecule has 0 bridgehead atoms. The number of fused-ring (bicyclic) bond motifs is 1. The Hall–Kier alpha value is -2.86. The highest BCUT2D eigenvalue weighted by Crippen LogP contribution is 2.32. The van der Waals surface area contributed by atoms with Gasteiger partial charge in [0.15, 0.2) is 5.82 Å². The quantitative estimate of drug-likeness (QED) is 0.401. The Morgan fingerprint density at radius 3 is 3.03 bits per heavy atom. The first kappa shape index (κ1) is 21.4. The van der Waals surface area contributed by atoms with Gasteiger partial charge in [-0.3, -0.25) is 9.48 Å². The number of carbonyl (C=O) groups is 1. The van der Waals surface area contributed by atoms with Gasteiger partial charge >= 0.3 is 7.12 Å². The van der Waals surface area contributed by atoms with Crippen LogP contribution in [0.1, 0.15) is 34.8 Å². The molecule has 0 aliphatic carbocycles. The number of nitrogens with zero attached hydrogens (tertiary/aromatic N) is 2. The van der Waals surface area contributed by atoms with Crippen LogP contribution in [0, 0.1) is 0 Å². The van der Waals surface area contributed by atoms with E-state index in [4.69, 9.17) is 15.1 Å². The van der Waals surface area contributed by atoms with E-state index in [9.17, 15) is 14.9 Å². The molecule has 1 unspecified atom stereocenters. The summed E-state index contributed by atoms with van der Waals surface area (Å²) >= 11 is 0. The molecule has 164 valence electrons. The first-order chi connectivity index (χ1) is 15.0. The van der Waals surface area contributed by atoms with Gasteiger partial charge in [-0.15, -0.1) is 0 Å². The Morgan fingerprint density at radius 2 is 2.29 bits per heavy atom. The van der Waals surface area contributed by atoms with Gasteiger partial charge in [0, 0.05) is 36.7 Å². The number of aromatic nitrogens is 2. The van der Waals surface area contributed by atoms with Crippen molar-refractivity contribution in [3.05, 3.63) is 41.0 Å². The van der Waals surface area contributed by atoms with E-state index < -0.39 is 13.0 Å². The van der Waals surface area contributed by atoms with Crippen LogP contribution in [0.2, 0.25) is 0 Å². The molecule has 1 aromatic carbocycles. The number of aliphatic hydroxyl groups excluding tert-OH is 1. The summed E-state index contributed by atoms with van der Waals surface area (Å²) in [6.45, 7) is 1.08. The predicted molar refractivity (Wildman–Crippen MR) is 116 cm³/mol. The van der Waals surface area contributed by atoms with Crippen molar-refractivity contribution in [3.8, 4) is 5.75 Å². The Kier molecular flexibility index (Phi) is 6.28. The molecule has 11 heteroatoms. The molecule has 1 saturated heterocycles. The van der Waals surface area contributed by atoms with Crippen LogP contribution < -0.4 is 21.0 Å². The Morgan fingerprint density at radius 1 is 1.45 bits per heavy atom. The number of benzene rings is 1. The molecule has 0 saturated carbocycles. The number of likely N-dealkylation sites (N-methyl/N-ethyl adjacent to an activating group) is 1. The van der Waals surface area contributed by atoms with E-state index in [2.05, 4.69) is 15.7 Å². The molecule has 2 aliphatic heterocycles. The van der Waals surface area contributed by atoms with Crippen LogP contribution >= 0.6 is 0 Å². The molecule has 10 nitrogen and oxygen atoms in total. The van der Waals surface area contributed by atoms with Gasteiger partial charge in [-0.1, -0.05) is 6.08 Å². The van der Waals surface area contributed by atoms with Crippen LogP contribution in [-0.4, -0.2) is 65.8 Å². The number of primary amides is 1. The lowest BCUT2D eigenvalue weighted by molar-refractivity contribution is 0.0347. The molecule has 1 amide bonds. The fourth-order valence-corrected chi connectivity index (χ4v) is 3.93. The summed E-state index contributed by atoms with van der Waals surface area (Å²) in [5, 5.41) is 30.2. The first-order valence-electron chi connectivity index (χ1n) is 10.2. The van der Waals surface area contributed by atoms with Crippen molar-refractivity contribution >= 4 is 30.6 Å². The summed E-state index contributed by atoms with van der Waals surface area (Å²) in [6.07, 6.45) is 4.58.